The van der Waals surface area contributed by atoms with E-state index >= 15 is 0 Å². The van der Waals surface area contributed by atoms with Crippen molar-refractivity contribution >= 4 is 22.4 Å². The van der Waals surface area contributed by atoms with Crippen LogP contribution in [0.3, 0.4) is 0 Å². The molecule has 1 amide bonds. The van der Waals surface area contributed by atoms with Crippen LogP contribution >= 0.6 is 11.3 Å². The number of aromatic nitrogens is 2. The number of rotatable bonds is 4. The van der Waals surface area contributed by atoms with Gasteiger partial charge in [0.25, 0.3) is 5.91 Å². The second-order valence-corrected chi connectivity index (χ2v) is 5.54. The third kappa shape index (κ3) is 2.49. The van der Waals surface area contributed by atoms with Crippen LogP contribution in [0.25, 0.3) is 0 Å². The summed E-state index contributed by atoms with van der Waals surface area (Å²) in [5.74, 6) is 0.445. The van der Waals surface area contributed by atoms with Crippen molar-refractivity contribution < 1.29 is 4.79 Å². The third-order valence-corrected chi connectivity index (χ3v) is 3.17. The number of hydrogen-bond acceptors (Lipinski definition) is 5. The number of anilines is 1. The molecule has 1 aromatic rings. The summed E-state index contributed by atoms with van der Waals surface area (Å²) in [4.78, 5) is 14.1. The van der Waals surface area contributed by atoms with Crippen molar-refractivity contribution in [1.82, 2.24) is 15.1 Å². The van der Waals surface area contributed by atoms with E-state index in [9.17, 15) is 4.79 Å². The van der Waals surface area contributed by atoms with E-state index < -0.39 is 0 Å². The summed E-state index contributed by atoms with van der Waals surface area (Å²) in [5.41, 5.74) is 5.48. The van der Waals surface area contributed by atoms with Gasteiger partial charge in [0.05, 0.1) is 0 Å². The highest BCUT2D eigenvalue weighted by atomic mass is 32.1. The normalized spacial score (nSPS) is 15.4. The number of hydrogen-bond donors (Lipinski definition) is 1. The summed E-state index contributed by atoms with van der Waals surface area (Å²) >= 11 is 1.16. The number of carbonyl (C=O) groups is 1. The molecule has 0 spiro atoms. The van der Waals surface area contributed by atoms with Gasteiger partial charge in [-0.3, -0.25) is 4.79 Å². The number of nitrogens with two attached hydrogens (primary N) is 1. The van der Waals surface area contributed by atoms with Crippen LogP contribution in [0.15, 0.2) is 0 Å². The minimum Gasteiger partial charge on any atom is -0.374 e. The molecule has 16 heavy (non-hydrogen) atoms. The number of nitrogens with zero attached hydrogens (tertiary/aromatic N) is 3. The first-order valence-corrected chi connectivity index (χ1v) is 6.29. The predicted octanol–water partition coefficient (Wildman–Crippen LogP) is 1.38. The van der Waals surface area contributed by atoms with E-state index in [-0.39, 0.29) is 5.91 Å². The van der Waals surface area contributed by atoms with E-state index in [2.05, 4.69) is 24.0 Å². The third-order valence-electron chi connectivity index (χ3n) is 2.43. The zero-order valence-corrected chi connectivity index (χ0v) is 10.3. The molecule has 0 atom stereocenters. The Morgan fingerprint density at radius 1 is 1.56 bits per heavy atom. The molecule has 6 heteroatoms. The summed E-state index contributed by atoms with van der Waals surface area (Å²) in [7, 11) is 0. The van der Waals surface area contributed by atoms with Crippen molar-refractivity contribution in [3.05, 3.63) is 5.01 Å². The quantitative estimate of drug-likeness (QED) is 0.863. The summed E-state index contributed by atoms with van der Waals surface area (Å²) in [6.45, 7) is 5.00. The Labute approximate surface area is 98.7 Å². The lowest BCUT2D eigenvalue weighted by molar-refractivity contribution is 0.0721. The number of nitrogen functional groups attached to an aromatic ring is 1. The molecule has 1 fully saturated rings. The van der Waals surface area contributed by atoms with Crippen molar-refractivity contribution in [1.29, 1.82) is 0 Å². The first-order chi connectivity index (χ1) is 7.58. The summed E-state index contributed by atoms with van der Waals surface area (Å²) in [6.07, 6.45) is 2.21. The Bertz CT molecular complexity index is 386. The predicted molar refractivity (Wildman–Crippen MR) is 63.2 cm³/mol. The van der Waals surface area contributed by atoms with E-state index in [1.165, 1.54) is 0 Å². The molecule has 0 aliphatic heterocycles. The van der Waals surface area contributed by atoms with Crippen molar-refractivity contribution in [3.63, 3.8) is 0 Å². The van der Waals surface area contributed by atoms with Gasteiger partial charge in [-0.15, -0.1) is 10.2 Å². The Balaban J connectivity index is 2.10. The molecular weight excluding hydrogens is 224 g/mol. The van der Waals surface area contributed by atoms with Gasteiger partial charge in [-0.1, -0.05) is 25.2 Å². The minimum absolute atomic E-state index is 0.0228. The molecule has 0 aromatic carbocycles. The van der Waals surface area contributed by atoms with Crippen LogP contribution in [-0.2, 0) is 0 Å². The lowest BCUT2D eigenvalue weighted by atomic mass is 10.2. The highest BCUT2D eigenvalue weighted by Crippen LogP contribution is 2.29. The van der Waals surface area contributed by atoms with Crippen molar-refractivity contribution in [3.8, 4) is 0 Å². The first kappa shape index (κ1) is 11.3. The van der Waals surface area contributed by atoms with Gasteiger partial charge in [0.1, 0.15) is 0 Å². The largest absolute Gasteiger partial charge is 0.374 e. The van der Waals surface area contributed by atoms with Gasteiger partial charge in [-0.25, -0.2) is 0 Å². The van der Waals surface area contributed by atoms with Crippen LogP contribution in [0.2, 0.25) is 0 Å². The zero-order valence-electron chi connectivity index (χ0n) is 9.51. The monoisotopic (exact) mass is 240 g/mol. The van der Waals surface area contributed by atoms with Crippen molar-refractivity contribution in [2.24, 2.45) is 5.92 Å². The first-order valence-electron chi connectivity index (χ1n) is 5.48. The van der Waals surface area contributed by atoms with Gasteiger partial charge < -0.3 is 10.6 Å². The molecule has 1 aromatic heterocycles. The molecule has 0 unspecified atom stereocenters. The average molecular weight is 240 g/mol. The molecule has 0 saturated heterocycles. The lowest BCUT2D eigenvalue weighted by Crippen LogP contribution is -2.36. The molecule has 1 saturated carbocycles. The average Bonchev–Trinajstić information content (AvgIpc) is 2.96. The van der Waals surface area contributed by atoms with E-state index in [1.807, 2.05) is 4.90 Å². The van der Waals surface area contributed by atoms with E-state index in [0.29, 0.717) is 22.1 Å². The van der Waals surface area contributed by atoms with Crippen LogP contribution in [0, 0.1) is 5.92 Å². The standard InChI is InChI=1S/C10H16N4OS/c1-6(2)5-14(7-3-4-7)9(15)8-12-13-10(11)16-8/h6-7H,3-5H2,1-2H3,(H2,11,13). The molecule has 2 N–H and O–H groups in total. The lowest BCUT2D eigenvalue weighted by Gasteiger charge is -2.22. The van der Waals surface area contributed by atoms with Crippen molar-refractivity contribution in [2.75, 3.05) is 12.3 Å². The maximum Gasteiger partial charge on any atom is 0.285 e. The van der Waals surface area contributed by atoms with Gasteiger partial charge in [-0.05, 0) is 18.8 Å². The maximum atomic E-state index is 12.2. The smallest absolute Gasteiger partial charge is 0.285 e. The van der Waals surface area contributed by atoms with Gasteiger partial charge in [-0.2, -0.15) is 0 Å². The van der Waals surface area contributed by atoms with E-state index in [4.69, 9.17) is 5.73 Å². The Kier molecular flexibility index (Phi) is 3.09. The fourth-order valence-electron chi connectivity index (χ4n) is 1.62. The molecule has 5 nitrogen and oxygen atoms in total. The topological polar surface area (TPSA) is 72.1 Å². The molecule has 1 aliphatic carbocycles. The fourth-order valence-corrected chi connectivity index (χ4v) is 2.19. The highest BCUT2D eigenvalue weighted by molar-refractivity contribution is 7.16. The zero-order chi connectivity index (χ0) is 11.7. The molecule has 2 rings (SSSR count). The van der Waals surface area contributed by atoms with Crippen molar-refractivity contribution in [2.45, 2.75) is 32.7 Å². The van der Waals surface area contributed by atoms with Gasteiger partial charge in [0.15, 0.2) is 0 Å². The van der Waals surface area contributed by atoms with Gasteiger partial charge in [0, 0.05) is 12.6 Å². The van der Waals surface area contributed by atoms with Crippen LogP contribution in [-0.4, -0.2) is 33.6 Å². The second-order valence-electron chi connectivity index (χ2n) is 4.53. The van der Waals surface area contributed by atoms with Crippen LogP contribution in [0.5, 0.6) is 0 Å². The second kappa shape index (κ2) is 4.37. The summed E-state index contributed by atoms with van der Waals surface area (Å²) in [5, 5.41) is 8.24. The van der Waals surface area contributed by atoms with Crippen LogP contribution in [0.1, 0.15) is 36.5 Å². The molecule has 1 heterocycles. The molecule has 0 radical (unpaired) electrons. The SMILES string of the molecule is CC(C)CN(C(=O)c1nnc(N)s1)C1CC1. The number of amides is 1. The van der Waals surface area contributed by atoms with Gasteiger partial charge in [0.2, 0.25) is 10.1 Å². The fraction of sp³-hybridized carbons (Fsp3) is 0.700. The maximum absolute atomic E-state index is 12.2. The highest BCUT2D eigenvalue weighted by Gasteiger charge is 2.34. The summed E-state index contributed by atoms with van der Waals surface area (Å²) in [6, 6.07) is 0.403. The van der Waals surface area contributed by atoms with Crippen LogP contribution < -0.4 is 5.73 Å². The summed E-state index contributed by atoms with van der Waals surface area (Å²) < 4.78 is 0. The Morgan fingerprint density at radius 3 is 2.69 bits per heavy atom. The molecule has 1 aliphatic rings. The number of carbonyl (C=O) groups excluding carboxylic acids is 1. The van der Waals surface area contributed by atoms with Crippen LogP contribution in [0.4, 0.5) is 5.13 Å². The Hall–Kier alpha value is -1.17. The Morgan fingerprint density at radius 2 is 2.25 bits per heavy atom. The molecular formula is C10H16N4OS. The minimum atomic E-state index is -0.0228. The van der Waals surface area contributed by atoms with Gasteiger partial charge >= 0.3 is 0 Å². The van der Waals surface area contributed by atoms with E-state index in [1.54, 1.807) is 0 Å². The molecule has 88 valence electrons. The van der Waals surface area contributed by atoms with E-state index in [0.717, 1.165) is 30.7 Å². The molecule has 0 bridgehead atoms.